The third-order valence-corrected chi connectivity index (χ3v) is 12.0. The molecule has 4 aromatic rings. The van der Waals surface area contributed by atoms with Gasteiger partial charge >= 0.3 is 0 Å². The smallest absolute Gasteiger partial charge is 0.250 e. The highest BCUT2D eigenvalue weighted by molar-refractivity contribution is 6.74. The Hall–Kier alpha value is -3.18. The lowest BCUT2D eigenvalue weighted by Crippen LogP contribution is -2.43. The molecule has 4 nitrogen and oxygen atoms in total. The molecular formula is C30H35N2O2Si+. The van der Waals surface area contributed by atoms with Gasteiger partial charge in [0.05, 0.1) is 11.0 Å². The van der Waals surface area contributed by atoms with Crippen LogP contribution in [0.4, 0.5) is 0 Å². The average molecular weight is 484 g/mol. The highest BCUT2D eigenvalue weighted by Gasteiger charge is 2.53. The monoisotopic (exact) mass is 483 g/mol. The first kappa shape index (κ1) is 23.6. The predicted octanol–water partition coefficient (Wildman–Crippen LogP) is 7.41. The quantitative estimate of drug-likeness (QED) is 0.203. The van der Waals surface area contributed by atoms with Crippen molar-refractivity contribution in [3.8, 4) is 28.1 Å². The van der Waals surface area contributed by atoms with Crippen LogP contribution in [0, 0.1) is 0 Å². The van der Waals surface area contributed by atoms with Crippen molar-refractivity contribution in [3.63, 3.8) is 0 Å². The molecule has 0 bridgehead atoms. The van der Waals surface area contributed by atoms with E-state index in [1.54, 1.807) is 0 Å². The Bertz CT molecular complexity index is 1290. The molecular weight excluding hydrogens is 448 g/mol. The average Bonchev–Trinajstić information content (AvgIpc) is 3.46. The SMILES string of the molecule is CC(C)(C)[Si](C)(C)Oc1ccc(-c2noc(C3(C[n+]4ccccc4)CC3)c2-c2ccccc2)cc1. The maximum Gasteiger partial charge on any atom is 0.250 e. The predicted molar refractivity (Wildman–Crippen MR) is 143 cm³/mol. The van der Waals surface area contributed by atoms with Crippen LogP contribution < -0.4 is 8.99 Å². The molecule has 1 fully saturated rings. The van der Waals surface area contributed by atoms with E-state index in [-0.39, 0.29) is 10.5 Å². The van der Waals surface area contributed by atoms with Gasteiger partial charge in [0.25, 0.3) is 0 Å². The first-order valence-corrected chi connectivity index (χ1v) is 15.4. The summed E-state index contributed by atoms with van der Waals surface area (Å²) in [6.45, 7) is 12.2. The second-order valence-corrected chi connectivity index (χ2v) is 16.0. The highest BCUT2D eigenvalue weighted by Crippen LogP contribution is 2.53. The third kappa shape index (κ3) is 4.70. The molecule has 180 valence electrons. The summed E-state index contributed by atoms with van der Waals surface area (Å²) in [5, 5.41) is 4.79. The van der Waals surface area contributed by atoms with Gasteiger partial charge in [-0.25, -0.2) is 4.57 Å². The maximum absolute atomic E-state index is 6.50. The van der Waals surface area contributed by atoms with Crippen molar-refractivity contribution in [3.05, 3.63) is 91.0 Å². The van der Waals surface area contributed by atoms with Crippen LogP contribution in [-0.2, 0) is 12.0 Å². The number of hydrogen-bond donors (Lipinski definition) is 0. The Kier molecular flexibility index (Phi) is 5.92. The van der Waals surface area contributed by atoms with Gasteiger partial charge < -0.3 is 8.95 Å². The number of aromatic nitrogens is 2. The summed E-state index contributed by atoms with van der Waals surface area (Å²) >= 11 is 0. The van der Waals surface area contributed by atoms with E-state index in [0.29, 0.717) is 0 Å². The molecule has 0 radical (unpaired) electrons. The van der Waals surface area contributed by atoms with Crippen molar-refractivity contribution in [2.45, 2.75) is 63.7 Å². The van der Waals surface area contributed by atoms with Crippen molar-refractivity contribution in [2.24, 2.45) is 0 Å². The van der Waals surface area contributed by atoms with E-state index in [2.05, 4.69) is 129 Å². The molecule has 2 heterocycles. The molecule has 35 heavy (non-hydrogen) atoms. The van der Waals surface area contributed by atoms with E-state index >= 15 is 0 Å². The first-order valence-electron chi connectivity index (χ1n) is 12.5. The largest absolute Gasteiger partial charge is 0.544 e. The standard InChI is InChI=1S/C30H35N2O2Si/c1-29(2,3)35(4,5)34-25-16-14-24(15-17-25)27-26(23-12-8-6-9-13-23)28(33-31-27)30(18-19-30)22-32-20-10-7-11-21-32/h6-17,20-21H,18-19,22H2,1-5H3/q+1. The van der Waals surface area contributed by atoms with Crippen LogP contribution in [0.25, 0.3) is 22.4 Å². The topological polar surface area (TPSA) is 39.1 Å². The number of benzene rings is 2. The van der Waals surface area contributed by atoms with E-state index in [9.17, 15) is 0 Å². The zero-order valence-corrected chi connectivity index (χ0v) is 22.4. The molecule has 0 amide bonds. The Balaban J connectivity index is 1.52. The van der Waals surface area contributed by atoms with Crippen LogP contribution in [0.3, 0.4) is 0 Å². The molecule has 0 N–H and O–H groups in total. The maximum atomic E-state index is 6.50. The lowest BCUT2D eigenvalue weighted by molar-refractivity contribution is -0.702. The zero-order chi connectivity index (χ0) is 24.7. The second-order valence-electron chi connectivity index (χ2n) is 11.3. The van der Waals surface area contributed by atoms with Gasteiger partial charge in [-0.2, -0.15) is 0 Å². The van der Waals surface area contributed by atoms with Crippen molar-refractivity contribution in [1.29, 1.82) is 0 Å². The van der Waals surface area contributed by atoms with Gasteiger partial charge in [0.1, 0.15) is 11.4 Å². The summed E-state index contributed by atoms with van der Waals surface area (Å²) in [7, 11) is -1.89. The molecule has 1 aliphatic carbocycles. The van der Waals surface area contributed by atoms with Crippen LogP contribution in [0.5, 0.6) is 5.75 Å². The van der Waals surface area contributed by atoms with Gasteiger partial charge in [0.15, 0.2) is 24.7 Å². The van der Waals surface area contributed by atoms with E-state index in [1.165, 1.54) is 0 Å². The van der Waals surface area contributed by atoms with Gasteiger partial charge in [-0.05, 0) is 60.8 Å². The number of pyridine rings is 1. The van der Waals surface area contributed by atoms with Gasteiger partial charge in [0, 0.05) is 17.7 Å². The van der Waals surface area contributed by atoms with Crippen LogP contribution in [-0.4, -0.2) is 13.5 Å². The molecule has 0 atom stereocenters. The Labute approximate surface area is 209 Å². The fourth-order valence-electron chi connectivity index (χ4n) is 4.35. The van der Waals surface area contributed by atoms with Crippen molar-refractivity contribution in [1.82, 2.24) is 5.16 Å². The Morgan fingerprint density at radius 2 is 1.51 bits per heavy atom. The Morgan fingerprint density at radius 1 is 0.886 bits per heavy atom. The molecule has 1 saturated carbocycles. The summed E-state index contributed by atoms with van der Waals surface area (Å²) in [4.78, 5) is 0. The normalized spacial score (nSPS) is 15.1. The zero-order valence-electron chi connectivity index (χ0n) is 21.4. The molecule has 1 aliphatic rings. The van der Waals surface area contributed by atoms with Gasteiger partial charge in [-0.3, -0.25) is 0 Å². The third-order valence-electron chi connectivity index (χ3n) is 7.66. The Morgan fingerprint density at radius 3 is 2.11 bits per heavy atom. The minimum atomic E-state index is -1.89. The van der Waals surface area contributed by atoms with E-state index in [1.807, 2.05) is 0 Å². The van der Waals surface area contributed by atoms with E-state index in [4.69, 9.17) is 8.95 Å². The van der Waals surface area contributed by atoms with E-state index < -0.39 is 8.32 Å². The van der Waals surface area contributed by atoms with Crippen molar-refractivity contribution >= 4 is 8.32 Å². The van der Waals surface area contributed by atoms with Crippen LogP contribution >= 0.6 is 0 Å². The number of rotatable bonds is 7. The molecule has 2 aromatic carbocycles. The minimum Gasteiger partial charge on any atom is -0.544 e. The van der Waals surface area contributed by atoms with Gasteiger partial charge in [0.2, 0.25) is 8.32 Å². The highest BCUT2D eigenvalue weighted by atomic mass is 28.4. The molecule has 5 rings (SSSR count). The van der Waals surface area contributed by atoms with Crippen molar-refractivity contribution < 1.29 is 13.5 Å². The van der Waals surface area contributed by atoms with Gasteiger partial charge in [-0.15, -0.1) is 0 Å². The summed E-state index contributed by atoms with van der Waals surface area (Å²) < 4.78 is 14.9. The van der Waals surface area contributed by atoms with E-state index in [0.717, 1.165) is 53.3 Å². The summed E-state index contributed by atoms with van der Waals surface area (Å²) in [6.07, 6.45) is 6.45. The van der Waals surface area contributed by atoms with Crippen molar-refractivity contribution in [2.75, 3.05) is 0 Å². The summed E-state index contributed by atoms with van der Waals surface area (Å²) in [5.74, 6) is 1.92. The fraction of sp³-hybridized carbons (Fsp3) is 0.333. The first-order chi connectivity index (χ1) is 16.7. The molecule has 0 saturated heterocycles. The van der Waals surface area contributed by atoms with Crippen LogP contribution in [0.15, 0.2) is 89.7 Å². The molecule has 2 aromatic heterocycles. The summed E-state index contributed by atoms with van der Waals surface area (Å²) in [6, 6.07) is 25.1. The lowest BCUT2D eigenvalue weighted by atomic mass is 9.91. The van der Waals surface area contributed by atoms with Crippen LogP contribution in [0.1, 0.15) is 39.4 Å². The lowest BCUT2D eigenvalue weighted by Gasteiger charge is -2.36. The van der Waals surface area contributed by atoms with Crippen LogP contribution in [0.2, 0.25) is 18.1 Å². The van der Waals surface area contributed by atoms with Gasteiger partial charge in [-0.1, -0.05) is 62.3 Å². The molecule has 0 unspecified atom stereocenters. The summed E-state index contributed by atoms with van der Waals surface area (Å²) in [5.41, 5.74) is 4.18. The minimum absolute atomic E-state index is 0.0200. The number of hydrogen-bond acceptors (Lipinski definition) is 3. The molecule has 0 spiro atoms. The fourth-order valence-corrected chi connectivity index (χ4v) is 5.38. The molecule has 0 aliphatic heterocycles. The second kappa shape index (κ2) is 8.79. The number of nitrogens with zero attached hydrogens (tertiary/aromatic N) is 2. The molecule has 5 heteroatoms.